The van der Waals surface area contributed by atoms with Crippen molar-refractivity contribution < 1.29 is 81.7 Å². The zero-order valence-corrected chi connectivity index (χ0v) is 35.5. The summed E-state index contributed by atoms with van der Waals surface area (Å²) in [6, 6.07) is 0. The fourth-order valence-corrected chi connectivity index (χ4v) is 13.6. The smallest absolute Gasteiger partial charge is 0.393 e. The van der Waals surface area contributed by atoms with Crippen molar-refractivity contribution in [2.24, 2.45) is 52.3 Å². The predicted octanol–water partition coefficient (Wildman–Crippen LogP) is 0.512. The van der Waals surface area contributed by atoms with Crippen molar-refractivity contribution in [2.45, 2.75) is 172 Å². The molecule has 22 atom stereocenters. The monoisotopic (exact) mass is 854 g/mol. The van der Waals surface area contributed by atoms with E-state index >= 15 is 0 Å². The number of methoxy groups -OCH3 is 1. The molecule has 0 aromatic heterocycles. The molecule has 2 heterocycles. The van der Waals surface area contributed by atoms with Crippen LogP contribution in [0.1, 0.15) is 92.4 Å². The summed E-state index contributed by atoms with van der Waals surface area (Å²) in [5.74, 6) is -1.27. The Morgan fingerprint density at radius 1 is 0.810 bits per heavy atom. The zero-order valence-electron chi connectivity index (χ0n) is 34.7. The van der Waals surface area contributed by atoms with Gasteiger partial charge in [0.2, 0.25) is 0 Å². The van der Waals surface area contributed by atoms with E-state index in [0.717, 1.165) is 12.8 Å². The lowest BCUT2D eigenvalue weighted by Gasteiger charge is -2.65. The Bertz CT molecular complexity index is 1490. The number of rotatable bonds is 14. The van der Waals surface area contributed by atoms with E-state index in [2.05, 4.69) is 27.7 Å². The Morgan fingerprint density at radius 3 is 2.12 bits per heavy atom. The molecule has 0 aromatic rings. The van der Waals surface area contributed by atoms with Gasteiger partial charge in [0.1, 0.15) is 36.6 Å². The molecular formula is C40H70O17S. The van der Waals surface area contributed by atoms with Gasteiger partial charge in [0.05, 0.1) is 49.8 Å². The molecule has 9 N–H and O–H groups in total. The molecule has 18 heteroatoms. The van der Waals surface area contributed by atoms with Gasteiger partial charge in [-0.2, -0.15) is 8.42 Å². The Hall–Kier alpha value is -0.650. The molecule has 2 aliphatic heterocycles. The first kappa shape index (κ1) is 46.8. The zero-order chi connectivity index (χ0) is 42.7. The largest absolute Gasteiger partial charge is 0.397 e. The average molecular weight is 855 g/mol. The lowest BCUT2D eigenvalue weighted by atomic mass is 9.42. The minimum atomic E-state index is -5.08. The molecule has 58 heavy (non-hydrogen) atoms. The minimum Gasteiger partial charge on any atom is -0.393 e. The highest BCUT2D eigenvalue weighted by molar-refractivity contribution is 7.80. The van der Waals surface area contributed by atoms with Gasteiger partial charge in [-0.25, -0.2) is 4.18 Å². The van der Waals surface area contributed by atoms with Gasteiger partial charge >= 0.3 is 10.4 Å². The highest BCUT2D eigenvalue weighted by Gasteiger charge is 2.72. The molecule has 0 amide bonds. The van der Waals surface area contributed by atoms with E-state index < -0.39 is 113 Å². The van der Waals surface area contributed by atoms with Crippen molar-refractivity contribution in [1.82, 2.24) is 0 Å². The van der Waals surface area contributed by atoms with Crippen LogP contribution in [0.4, 0.5) is 0 Å². The van der Waals surface area contributed by atoms with Crippen molar-refractivity contribution in [3.63, 3.8) is 0 Å². The van der Waals surface area contributed by atoms with Crippen molar-refractivity contribution >= 4 is 10.4 Å². The van der Waals surface area contributed by atoms with Crippen LogP contribution < -0.4 is 0 Å². The van der Waals surface area contributed by atoms with E-state index in [0.29, 0.717) is 38.5 Å². The third-order valence-corrected chi connectivity index (χ3v) is 16.4. The first-order valence-electron chi connectivity index (χ1n) is 21.3. The van der Waals surface area contributed by atoms with Gasteiger partial charge in [0, 0.05) is 19.4 Å². The SMILES string of the molecule is CCC(CCC(C)C1C(O)C(O)C2C1(C)CCC1C3(C)CCC(O)CC3C(O)CC12O)C(C)COC1OCC(O)C(OS(=O)(=O)O)C1OC1OCC(O)C(O)C1OC. The van der Waals surface area contributed by atoms with E-state index in [9.17, 15) is 53.8 Å². The number of hydrogen-bond acceptors (Lipinski definition) is 16. The molecule has 0 aromatic carbocycles. The Labute approximate surface area is 342 Å². The van der Waals surface area contributed by atoms with Crippen molar-refractivity contribution in [1.29, 1.82) is 0 Å². The molecule has 2 saturated heterocycles. The maximum Gasteiger partial charge on any atom is 0.397 e. The molecule has 4 saturated carbocycles. The molecule has 338 valence electrons. The molecule has 6 rings (SSSR count). The Balaban J connectivity index is 1.12. The minimum absolute atomic E-state index is 0.0407. The quantitative estimate of drug-likeness (QED) is 0.108. The lowest BCUT2D eigenvalue weighted by Crippen LogP contribution is -2.68. The van der Waals surface area contributed by atoms with Crippen molar-refractivity contribution in [2.75, 3.05) is 26.9 Å². The van der Waals surface area contributed by atoms with Crippen LogP contribution in [-0.4, -0.2) is 160 Å². The number of hydrogen-bond donors (Lipinski definition) is 9. The number of fused-ring (bicyclic) bond motifs is 5. The van der Waals surface area contributed by atoms with E-state index in [1.54, 1.807) is 0 Å². The third kappa shape index (κ3) is 8.67. The normalized spacial score (nSPS) is 50.0. The van der Waals surface area contributed by atoms with E-state index in [1.807, 2.05) is 6.92 Å². The van der Waals surface area contributed by atoms with Crippen LogP contribution in [0, 0.1) is 52.3 Å². The van der Waals surface area contributed by atoms with Crippen LogP contribution in [0.25, 0.3) is 0 Å². The highest BCUT2D eigenvalue weighted by atomic mass is 32.3. The number of ether oxygens (including phenoxy) is 5. The van der Waals surface area contributed by atoms with Crippen LogP contribution in [0.2, 0.25) is 0 Å². The maximum atomic E-state index is 12.7. The van der Waals surface area contributed by atoms with Gasteiger partial charge < -0.3 is 64.5 Å². The third-order valence-electron chi connectivity index (χ3n) is 15.9. The van der Waals surface area contributed by atoms with Crippen molar-refractivity contribution in [3.05, 3.63) is 0 Å². The highest BCUT2D eigenvalue weighted by Crippen LogP contribution is 2.70. The van der Waals surface area contributed by atoms with Gasteiger partial charge in [-0.15, -0.1) is 0 Å². The summed E-state index contributed by atoms with van der Waals surface area (Å²) in [6.45, 7) is 9.70. The topological polar surface area (TPSA) is 272 Å². The van der Waals surface area contributed by atoms with Gasteiger partial charge in [-0.1, -0.05) is 47.5 Å². The van der Waals surface area contributed by atoms with E-state index in [4.69, 9.17) is 27.9 Å². The lowest BCUT2D eigenvalue weighted by molar-refractivity contribution is -0.344. The standard InChI is InChI=1S/C40H70O17S/c1-7-21(20(3)16-53-36-34(32(26(44)18-54-36)57-58(49,50)51)56-37-33(52-6)29(45)25(43)17-55-37)9-8-19(2)28-30(46)31(47)35-39(28,5)13-11-27-38(4)12-10-22(41)14-23(38)24(42)15-40(27,35)48/h19-37,41-48H,7-18H2,1-6H3,(H,49,50,51). The predicted molar refractivity (Wildman–Crippen MR) is 204 cm³/mol. The summed E-state index contributed by atoms with van der Waals surface area (Å²) in [4.78, 5) is 0. The van der Waals surface area contributed by atoms with Gasteiger partial charge in [-0.3, -0.25) is 4.55 Å². The van der Waals surface area contributed by atoms with Crippen LogP contribution >= 0.6 is 0 Å². The van der Waals surface area contributed by atoms with Gasteiger partial charge in [-0.05, 0) is 84.9 Å². The average Bonchev–Trinajstić information content (AvgIpc) is 3.35. The summed E-state index contributed by atoms with van der Waals surface area (Å²) < 4.78 is 66.7. The van der Waals surface area contributed by atoms with Crippen LogP contribution in [0.15, 0.2) is 0 Å². The number of aliphatic hydroxyl groups excluding tert-OH is 7. The molecular weight excluding hydrogens is 784 g/mol. The first-order valence-corrected chi connectivity index (χ1v) is 22.6. The first-order chi connectivity index (χ1) is 27.1. The van der Waals surface area contributed by atoms with E-state index in [-0.39, 0.29) is 55.1 Å². The van der Waals surface area contributed by atoms with Crippen LogP contribution in [0.5, 0.6) is 0 Å². The Kier molecular flexibility index (Phi) is 14.4. The molecule has 17 nitrogen and oxygen atoms in total. The molecule has 6 fully saturated rings. The van der Waals surface area contributed by atoms with Gasteiger partial charge in [0.25, 0.3) is 0 Å². The summed E-state index contributed by atoms with van der Waals surface area (Å²) in [5, 5.41) is 89.4. The summed E-state index contributed by atoms with van der Waals surface area (Å²) in [7, 11) is -3.83. The second-order valence-electron chi connectivity index (χ2n) is 19.2. The fourth-order valence-electron chi connectivity index (χ4n) is 13.0. The second-order valence-corrected chi connectivity index (χ2v) is 20.3. The molecule has 0 radical (unpaired) electrons. The Morgan fingerprint density at radius 2 is 1.47 bits per heavy atom. The van der Waals surface area contributed by atoms with Gasteiger partial charge in [0.15, 0.2) is 12.6 Å². The van der Waals surface area contributed by atoms with Crippen LogP contribution in [-0.2, 0) is 38.3 Å². The van der Waals surface area contributed by atoms with E-state index in [1.165, 1.54) is 7.11 Å². The molecule has 0 bridgehead atoms. The second kappa shape index (κ2) is 17.8. The maximum absolute atomic E-state index is 12.7. The molecule has 0 spiro atoms. The van der Waals surface area contributed by atoms with Crippen molar-refractivity contribution in [3.8, 4) is 0 Å². The summed E-state index contributed by atoms with van der Waals surface area (Å²) in [5.41, 5.74) is -2.35. The molecule has 4 aliphatic carbocycles. The van der Waals surface area contributed by atoms with Crippen LogP contribution in [0.3, 0.4) is 0 Å². The molecule has 22 unspecified atom stereocenters. The summed E-state index contributed by atoms with van der Waals surface area (Å²) in [6.07, 6.45) is -9.37. The fraction of sp³-hybridized carbons (Fsp3) is 1.00. The number of aliphatic hydroxyl groups is 8. The molecule has 6 aliphatic rings. The summed E-state index contributed by atoms with van der Waals surface area (Å²) >= 11 is 0.